The van der Waals surface area contributed by atoms with Crippen LogP contribution in [0.25, 0.3) is 22.1 Å². The number of hydrogen-bond donors (Lipinski definition) is 1. The van der Waals surface area contributed by atoms with E-state index in [1.54, 1.807) is 0 Å². The van der Waals surface area contributed by atoms with E-state index in [4.69, 9.17) is 9.40 Å². The summed E-state index contributed by atoms with van der Waals surface area (Å²) in [5, 5.41) is 0.872. The molecule has 0 amide bonds. The lowest BCUT2D eigenvalue weighted by Gasteiger charge is -2.33. The second-order valence-electron chi connectivity index (χ2n) is 6.99. The zero-order valence-corrected chi connectivity index (χ0v) is 15.5. The van der Waals surface area contributed by atoms with Crippen LogP contribution in [0.3, 0.4) is 0 Å². The quantitative estimate of drug-likeness (QED) is 0.729. The number of rotatable bonds is 3. The Morgan fingerprint density at radius 1 is 1.32 bits per heavy atom. The summed E-state index contributed by atoms with van der Waals surface area (Å²) < 4.78 is 6.64. The highest BCUT2D eigenvalue weighted by Crippen LogP contribution is 2.32. The van der Waals surface area contributed by atoms with Crippen molar-refractivity contribution in [1.29, 1.82) is 0 Å². The number of likely N-dealkylation sites (tertiary alicyclic amines) is 2. The summed E-state index contributed by atoms with van der Waals surface area (Å²) in [6, 6.07) is 6.94. The fraction of sp³-hybridized carbons (Fsp3) is 0.444. The molecule has 2 fully saturated rings. The number of nitrogens with one attached hydrogen (secondary N) is 1. The van der Waals surface area contributed by atoms with Gasteiger partial charge in [0, 0.05) is 35.0 Å². The fourth-order valence-electron chi connectivity index (χ4n) is 4.35. The summed E-state index contributed by atoms with van der Waals surface area (Å²) in [5.41, 5.74) is 1.44. The van der Waals surface area contributed by atoms with Crippen molar-refractivity contribution >= 4 is 38.0 Å². The van der Waals surface area contributed by atoms with Gasteiger partial charge in [0.25, 0.3) is 5.56 Å². The van der Waals surface area contributed by atoms with Crippen LogP contribution in [0.15, 0.2) is 31.9 Å². The van der Waals surface area contributed by atoms with Crippen molar-refractivity contribution in [3.8, 4) is 0 Å². The molecular formula is C18H19BrN4O2. The van der Waals surface area contributed by atoms with E-state index in [-0.39, 0.29) is 5.56 Å². The first-order valence-corrected chi connectivity index (χ1v) is 9.50. The topological polar surface area (TPSA) is 65.4 Å². The number of piperazine rings is 1. The number of nitrogens with zero attached hydrogens (tertiary/aromatic N) is 3. The standard InChI is InChI=1S/C18H19BrN4O2/c1-2-22-7-12-6-11(22)8-23(12)9-15-20-16-13-5-10(19)3-4-14(13)25-17(16)18(24)21-15/h3-5,11-12H,2,6-9H2,1H3,(H,20,21,24)/t11-,12-/m0/s1. The molecule has 6 nitrogen and oxygen atoms in total. The molecule has 1 aromatic carbocycles. The van der Waals surface area contributed by atoms with E-state index in [2.05, 4.69) is 37.6 Å². The van der Waals surface area contributed by atoms with Crippen molar-refractivity contribution in [3.05, 3.63) is 38.9 Å². The van der Waals surface area contributed by atoms with E-state index in [1.165, 1.54) is 6.42 Å². The Morgan fingerprint density at radius 3 is 2.88 bits per heavy atom. The minimum absolute atomic E-state index is 0.202. The van der Waals surface area contributed by atoms with E-state index in [1.807, 2.05) is 18.2 Å². The Morgan fingerprint density at radius 2 is 2.12 bits per heavy atom. The zero-order chi connectivity index (χ0) is 17.1. The number of aromatic nitrogens is 2. The smallest absolute Gasteiger partial charge is 0.294 e. The van der Waals surface area contributed by atoms with Crippen molar-refractivity contribution in [3.63, 3.8) is 0 Å². The van der Waals surface area contributed by atoms with Gasteiger partial charge in [-0.1, -0.05) is 22.9 Å². The average Bonchev–Trinajstić information content (AvgIpc) is 3.27. The second kappa shape index (κ2) is 5.65. The highest BCUT2D eigenvalue weighted by atomic mass is 79.9. The van der Waals surface area contributed by atoms with Gasteiger partial charge in [0.2, 0.25) is 5.58 Å². The Labute approximate surface area is 152 Å². The molecule has 0 radical (unpaired) electrons. The molecule has 2 aliphatic heterocycles. The van der Waals surface area contributed by atoms with E-state index in [0.29, 0.717) is 35.3 Å². The van der Waals surface area contributed by atoms with Gasteiger partial charge in [-0.15, -0.1) is 0 Å². The first kappa shape index (κ1) is 15.5. The van der Waals surface area contributed by atoms with Gasteiger partial charge in [0.05, 0.1) is 6.54 Å². The maximum atomic E-state index is 12.5. The van der Waals surface area contributed by atoms with E-state index >= 15 is 0 Å². The highest BCUT2D eigenvalue weighted by Gasteiger charge is 2.42. The molecule has 5 rings (SSSR count). The van der Waals surface area contributed by atoms with Gasteiger partial charge < -0.3 is 9.40 Å². The van der Waals surface area contributed by atoms with Gasteiger partial charge in [0.15, 0.2) is 0 Å². The predicted octanol–water partition coefficient (Wildman–Crippen LogP) is 2.71. The SMILES string of the molecule is CCN1C[C@@H]2C[C@H]1CN2Cc1nc2c(oc3ccc(Br)cc32)c(=O)[nH]1. The molecule has 0 saturated carbocycles. The van der Waals surface area contributed by atoms with Gasteiger partial charge in [-0.3, -0.25) is 14.6 Å². The van der Waals surface area contributed by atoms with Crippen LogP contribution in [-0.2, 0) is 6.54 Å². The molecular weight excluding hydrogens is 384 g/mol. The molecule has 0 aliphatic carbocycles. The maximum Gasteiger partial charge on any atom is 0.294 e. The van der Waals surface area contributed by atoms with Crippen LogP contribution in [0.1, 0.15) is 19.2 Å². The number of furan rings is 1. The number of H-pyrrole nitrogens is 1. The van der Waals surface area contributed by atoms with E-state index < -0.39 is 0 Å². The van der Waals surface area contributed by atoms with E-state index in [0.717, 1.165) is 35.3 Å². The third-order valence-corrected chi connectivity index (χ3v) is 6.05. The van der Waals surface area contributed by atoms with Gasteiger partial charge in [-0.05, 0) is 31.2 Å². The number of hydrogen-bond acceptors (Lipinski definition) is 5. The first-order valence-electron chi connectivity index (χ1n) is 8.71. The lowest BCUT2D eigenvalue weighted by molar-refractivity contribution is 0.125. The molecule has 2 aliphatic rings. The summed E-state index contributed by atoms with van der Waals surface area (Å²) >= 11 is 3.48. The molecule has 0 spiro atoms. The van der Waals surface area contributed by atoms with Crippen molar-refractivity contribution in [2.24, 2.45) is 0 Å². The minimum atomic E-state index is -0.202. The van der Waals surface area contributed by atoms with Crippen molar-refractivity contribution in [1.82, 2.24) is 19.8 Å². The van der Waals surface area contributed by atoms with Crippen LogP contribution in [0.2, 0.25) is 0 Å². The van der Waals surface area contributed by atoms with Crippen LogP contribution < -0.4 is 5.56 Å². The monoisotopic (exact) mass is 402 g/mol. The van der Waals surface area contributed by atoms with Gasteiger partial charge in [0.1, 0.15) is 16.9 Å². The molecule has 130 valence electrons. The molecule has 25 heavy (non-hydrogen) atoms. The lowest BCUT2D eigenvalue weighted by atomic mass is 10.2. The number of halogens is 1. The highest BCUT2D eigenvalue weighted by molar-refractivity contribution is 9.10. The molecule has 2 bridgehead atoms. The van der Waals surface area contributed by atoms with E-state index in [9.17, 15) is 4.79 Å². The van der Waals surface area contributed by atoms with Crippen LogP contribution in [0.4, 0.5) is 0 Å². The second-order valence-corrected chi connectivity index (χ2v) is 7.91. The van der Waals surface area contributed by atoms with Crippen LogP contribution >= 0.6 is 15.9 Å². The molecule has 2 aromatic heterocycles. The number of benzene rings is 1. The van der Waals surface area contributed by atoms with Crippen molar-refractivity contribution < 1.29 is 4.42 Å². The fourth-order valence-corrected chi connectivity index (χ4v) is 4.71. The van der Waals surface area contributed by atoms with Crippen LogP contribution in [0.5, 0.6) is 0 Å². The third-order valence-electron chi connectivity index (χ3n) is 5.56. The molecule has 2 atom stereocenters. The molecule has 4 heterocycles. The Kier molecular flexibility index (Phi) is 3.52. The Bertz CT molecular complexity index is 1030. The molecule has 1 N–H and O–H groups in total. The largest absolute Gasteiger partial charge is 0.449 e. The normalized spacial score (nSPS) is 24.1. The Hall–Kier alpha value is -1.70. The van der Waals surface area contributed by atoms with Gasteiger partial charge in [-0.2, -0.15) is 0 Å². The molecule has 3 aromatic rings. The summed E-state index contributed by atoms with van der Waals surface area (Å²) in [6.07, 6.45) is 1.22. The first-order chi connectivity index (χ1) is 12.1. The minimum Gasteiger partial charge on any atom is -0.449 e. The van der Waals surface area contributed by atoms with Crippen molar-refractivity contribution in [2.75, 3.05) is 19.6 Å². The summed E-state index contributed by atoms with van der Waals surface area (Å²) in [7, 11) is 0. The van der Waals surface area contributed by atoms with Crippen LogP contribution in [-0.4, -0.2) is 51.5 Å². The van der Waals surface area contributed by atoms with Crippen LogP contribution in [0, 0.1) is 0 Å². The average molecular weight is 403 g/mol. The molecule has 0 unspecified atom stereocenters. The maximum absolute atomic E-state index is 12.5. The number of likely N-dealkylation sites (N-methyl/N-ethyl adjacent to an activating group) is 1. The van der Waals surface area contributed by atoms with Crippen molar-refractivity contribution in [2.45, 2.75) is 32.0 Å². The summed E-state index contributed by atoms with van der Waals surface area (Å²) in [4.78, 5) is 25.1. The van der Waals surface area contributed by atoms with Gasteiger partial charge >= 0.3 is 0 Å². The number of fused-ring (bicyclic) bond motifs is 5. The summed E-state index contributed by atoms with van der Waals surface area (Å²) in [6.45, 7) is 6.20. The van der Waals surface area contributed by atoms with Gasteiger partial charge in [-0.25, -0.2) is 4.98 Å². The predicted molar refractivity (Wildman–Crippen MR) is 99.7 cm³/mol. The third kappa shape index (κ3) is 2.45. The lowest BCUT2D eigenvalue weighted by Crippen LogP contribution is -2.45. The zero-order valence-electron chi connectivity index (χ0n) is 14.0. The summed E-state index contributed by atoms with van der Waals surface area (Å²) in [5.74, 6) is 0.718. The number of aromatic amines is 1. The Balaban J connectivity index is 1.51. The molecule has 7 heteroatoms. The molecule has 2 saturated heterocycles.